The smallest absolute Gasteiger partial charge is 0.416 e. The van der Waals surface area contributed by atoms with E-state index in [0.29, 0.717) is 0 Å². The number of ether oxygens (including phenoxy) is 2. The molecule has 0 aliphatic carbocycles. The third-order valence-electron chi connectivity index (χ3n) is 6.12. The number of methoxy groups -OCH3 is 1. The summed E-state index contributed by atoms with van der Waals surface area (Å²) in [5.41, 5.74) is -0.642. The molecular formula is C27H27F3N4O5. The normalized spacial score (nSPS) is 15.7. The number of benzene rings is 2. The van der Waals surface area contributed by atoms with Crippen LogP contribution in [-0.2, 0) is 20.4 Å². The van der Waals surface area contributed by atoms with Gasteiger partial charge in [-0.05, 0) is 49.7 Å². The minimum Gasteiger partial charge on any atom is -0.463 e. The molecule has 0 fully saturated rings. The molecular weight excluding hydrogens is 517 g/mol. The van der Waals surface area contributed by atoms with Crippen molar-refractivity contribution >= 4 is 23.6 Å². The minimum atomic E-state index is -4.65. The molecule has 0 bridgehead atoms. The molecule has 2 aromatic rings. The molecule has 1 unspecified atom stereocenters. The molecule has 206 valence electrons. The van der Waals surface area contributed by atoms with E-state index in [1.54, 1.807) is 6.92 Å². The lowest BCUT2D eigenvalue weighted by Gasteiger charge is -2.41. The Kier molecular flexibility index (Phi) is 8.98. The van der Waals surface area contributed by atoms with Crippen LogP contribution in [0.1, 0.15) is 46.9 Å². The number of anilines is 1. The van der Waals surface area contributed by atoms with Gasteiger partial charge >= 0.3 is 18.2 Å². The molecule has 0 radical (unpaired) electrons. The molecule has 1 aliphatic rings. The van der Waals surface area contributed by atoms with Crippen LogP contribution in [0.2, 0.25) is 0 Å². The highest BCUT2D eigenvalue weighted by Crippen LogP contribution is 2.41. The van der Waals surface area contributed by atoms with Crippen LogP contribution in [0.25, 0.3) is 0 Å². The van der Waals surface area contributed by atoms with Gasteiger partial charge in [0.25, 0.3) is 5.91 Å². The first-order valence-corrected chi connectivity index (χ1v) is 11.9. The highest BCUT2D eigenvalue weighted by atomic mass is 19.4. The zero-order chi connectivity index (χ0) is 28.9. The summed E-state index contributed by atoms with van der Waals surface area (Å²) in [5.74, 6) is -1.38. The summed E-state index contributed by atoms with van der Waals surface area (Å²) in [6.07, 6.45) is -4.65. The molecule has 0 spiro atoms. The molecule has 0 saturated heterocycles. The lowest BCUT2D eigenvalue weighted by atomic mass is 9.89. The van der Waals surface area contributed by atoms with E-state index in [4.69, 9.17) is 9.47 Å². The lowest BCUT2D eigenvalue weighted by molar-refractivity contribution is -0.139. The van der Waals surface area contributed by atoms with Gasteiger partial charge in [-0.3, -0.25) is 9.69 Å². The first-order chi connectivity index (χ1) is 18.5. The third-order valence-corrected chi connectivity index (χ3v) is 6.12. The van der Waals surface area contributed by atoms with Gasteiger partial charge in [0.15, 0.2) is 0 Å². The average molecular weight is 545 g/mol. The maximum absolute atomic E-state index is 13.6. The topological polar surface area (TPSA) is 112 Å². The maximum atomic E-state index is 13.6. The second kappa shape index (κ2) is 12.0. The van der Waals surface area contributed by atoms with Gasteiger partial charge in [0.1, 0.15) is 0 Å². The van der Waals surface area contributed by atoms with Crippen molar-refractivity contribution in [3.05, 3.63) is 76.0 Å². The highest BCUT2D eigenvalue weighted by Gasteiger charge is 2.43. The fourth-order valence-electron chi connectivity index (χ4n) is 4.30. The van der Waals surface area contributed by atoms with Crippen molar-refractivity contribution in [1.82, 2.24) is 10.2 Å². The number of nitrogens with zero attached hydrogens (tertiary/aromatic N) is 3. The number of carbonyl (C=O) groups is 3. The van der Waals surface area contributed by atoms with Crippen LogP contribution in [-0.4, -0.2) is 56.7 Å². The van der Waals surface area contributed by atoms with Crippen LogP contribution in [0.5, 0.6) is 0 Å². The third kappa shape index (κ3) is 6.04. The van der Waals surface area contributed by atoms with E-state index >= 15 is 0 Å². The van der Waals surface area contributed by atoms with Gasteiger partial charge in [-0.2, -0.15) is 18.4 Å². The molecule has 12 heteroatoms. The molecule has 1 atom stereocenters. The number of likely N-dealkylation sites (N-methyl/N-ethyl adjacent to an activating group) is 1. The van der Waals surface area contributed by atoms with Gasteiger partial charge in [0.05, 0.1) is 47.7 Å². The number of halogens is 3. The quantitative estimate of drug-likeness (QED) is 0.390. The zero-order valence-electron chi connectivity index (χ0n) is 21.8. The molecule has 1 N–H and O–H groups in total. The Morgan fingerprint density at radius 2 is 1.90 bits per heavy atom. The van der Waals surface area contributed by atoms with E-state index in [0.717, 1.165) is 28.0 Å². The number of allylic oxidation sites excluding steroid dienone is 1. The minimum absolute atomic E-state index is 0.0126. The fraction of sp³-hybridized carbons (Fsp3) is 0.333. The Bertz CT molecular complexity index is 1350. The van der Waals surface area contributed by atoms with E-state index in [9.17, 15) is 32.8 Å². The number of hydrogen-bond donors (Lipinski definition) is 1. The van der Waals surface area contributed by atoms with Gasteiger partial charge in [-0.15, -0.1) is 0 Å². The van der Waals surface area contributed by atoms with Crippen molar-refractivity contribution in [1.29, 1.82) is 5.26 Å². The van der Waals surface area contributed by atoms with Gasteiger partial charge in [-0.1, -0.05) is 12.1 Å². The monoisotopic (exact) mass is 544 g/mol. The Morgan fingerprint density at radius 1 is 1.18 bits per heavy atom. The SMILES string of the molecule is CCOC(=O)C1=C(C)N(c2cccc(C(F)(F)F)c2)C(=O)N(C)C1c1ccc(C#N)cc1C(=O)NCCOC. The van der Waals surface area contributed by atoms with Crippen LogP contribution < -0.4 is 10.2 Å². The zero-order valence-corrected chi connectivity index (χ0v) is 21.8. The molecule has 1 heterocycles. The van der Waals surface area contributed by atoms with E-state index in [1.165, 1.54) is 45.3 Å². The van der Waals surface area contributed by atoms with Gasteiger partial charge in [0, 0.05) is 32.0 Å². The summed E-state index contributed by atoms with van der Waals surface area (Å²) in [6, 6.07) is 8.50. The highest BCUT2D eigenvalue weighted by molar-refractivity contribution is 6.04. The molecule has 9 nitrogen and oxygen atoms in total. The molecule has 0 aromatic heterocycles. The Balaban J connectivity index is 2.24. The van der Waals surface area contributed by atoms with E-state index in [-0.39, 0.29) is 53.4 Å². The summed E-state index contributed by atoms with van der Waals surface area (Å²) >= 11 is 0. The Hall–Kier alpha value is -4.37. The number of carbonyl (C=O) groups excluding carboxylic acids is 3. The summed E-state index contributed by atoms with van der Waals surface area (Å²) in [4.78, 5) is 42.2. The largest absolute Gasteiger partial charge is 0.463 e. The second-order valence-corrected chi connectivity index (χ2v) is 8.56. The van der Waals surface area contributed by atoms with Gasteiger partial charge in [0.2, 0.25) is 0 Å². The molecule has 2 aromatic carbocycles. The average Bonchev–Trinajstić information content (AvgIpc) is 2.90. The summed E-state index contributed by atoms with van der Waals surface area (Å²) in [5, 5.41) is 12.1. The molecule has 0 saturated carbocycles. The molecule has 3 rings (SSSR count). The predicted octanol–water partition coefficient (Wildman–Crippen LogP) is 4.40. The maximum Gasteiger partial charge on any atom is 0.416 e. The lowest BCUT2D eigenvalue weighted by Crippen LogP contribution is -2.49. The summed E-state index contributed by atoms with van der Waals surface area (Å²) < 4.78 is 50.5. The standard InChI is InChI=1S/C27H27F3N4O5/c1-5-39-25(36)22-16(2)34(19-8-6-7-18(14-19)27(28,29)30)26(37)33(3)23(22)20-10-9-17(15-31)13-21(20)24(35)32-11-12-38-4/h6-10,13-14,23H,5,11-12H2,1-4H3,(H,32,35). The summed E-state index contributed by atoms with van der Waals surface area (Å²) in [7, 11) is 2.83. The van der Waals surface area contributed by atoms with E-state index < -0.39 is 35.7 Å². The van der Waals surface area contributed by atoms with Gasteiger partial charge < -0.3 is 19.7 Å². The van der Waals surface area contributed by atoms with Crippen molar-refractivity contribution in [3.8, 4) is 6.07 Å². The van der Waals surface area contributed by atoms with Crippen LogP contribution in [0.4, 0.5) is 23.7 Å². The first kappa shape index (κ1) is 29.2. The van der Waals surface area contributed by atoms with Crippen LogP contribution in [0, 0.1) is 11.3 Å². The van der Waals surface area contributed by atoms with Gasteiger partial charge in [-0.25, -0.2) is 9.59 Å². The number of nitriles is 1. The summed E-state index contributed by atoms with van der Waals surface area (Å²) in [6.45, 7) is 3.38. The van der Waals surface area contributed by atoms with Crippen molar-refractivity contribution < 1.29 is 37.0 Å². The molecule has 3 amide bonds. The van der Waals surface area contributed by atoms with Crippen molar-refractivity contribution in [2.75, 3.05) is 38.8 Å². The van der Waals surface area contributed by atoms with E-state index in [1.807, 2.05) is 6.07 Å². The van der Waals surface area contributed by atoms with Crippen molar-refractivity contribution in [3.63, 3.8) is 0 Å². The number of esters is 1. The second-order valence-electron chi connectivity index (χ2n) is 8.56. The number of rotatable bonds is 8. The number of urea groups is 1. The predicted molar refractivity (Wildman–Crippen MR) is 135 cm³/mol. The van der Waals surface area contributed by atoms with E-state index in [2.05, 4.69) is 5.32 Å². The first-order valence-electron chi connectivity index (χ1n) is 11.9. The van der Waals surface area contributed by atoms with Crippen molar-refractivity contribution in [2.24, 2.45) is 0 Å². The number of amides is 3. The Morgan fingerprint density at radius 3 is 2.51 bits per heavy atom. The fourth-order valence-corrected chi connectivity index (χ4v) is 4.30. The molecule has 1 aliphatic heterocycles. The van der Waals surface area contributed by atoms with Crippen LogP contribution in [0.15, 0.2) is 53.7 Å². The number of hydrogen-bond acceptors (Lipinski definition) is 6. The number of alkyl halides is 3. The molecule has 39 heavy (non-hydrogen) atoms. The Labute approximate surface area is 223 Å². The number of nitrogens with one attached hydrogen (secondary N) is 1. The van der Waals surface area contributed by atoms with Crippen molar-refractivity contribution in [2.45, 2.75) is 26.1 Å². The van der Waals surface area contributed by atoms with Crippen LogP contribution >= 0.6 is 0 Å². The van der Waals surface area contributed by atoms with Crippen LogP contribution in [0.3, 0.4) is 0 Å².